The summed E-state index contributed by atoms with van der Waals surface area (Å²) in [6.45, 7) is 0. The van der Waals surface area contributed by atoms with Crippen LogP contribution in [-0.4, -0.2) is 17.5 Å². The third-order valence-corrected chi connectivity index (χ3v) is 17.8. The van der Waals surface area contributed by atoms with Crippen molar-refractivity contribution in [3.05, 3.63) is 91.0 Å². The van der Waals surface area contributed by atoms with Crippen LogP contribution in [0.4, 0.5) is 0 Å². The van der Waals surface area contributed by atoms with Crippen LogP contribution in [0.1, 0.15) is 6.42 Å². The number of alkyl halides is 1. The van der Waals surface area contributed by atoms with Gasteiger partial charge in [0.05, 0.1) is 0 Å². The van der Waals surface area contributed by atoms with Crippen molar-refractivity contribution >= 4 is 26.8 Å². The number of hydrogen-bond donors (Lipinski definition) is 0. The molecule has 0 fully saturated rings. The molecule has 0 amide bonds. The van der Waals surface area contributed by atoms with E-state index in [0.717, 1.165) is 4.43 Å². The van der Waals surface area contributed by atoms with Gasteiger partial charge in [0.25, 0.3) is 0 Å². The molecule has 0 unspecified atom stereocenters. The van der Waals surface area contributed by atoms with Gasteiger partial charge in [0.1, 0.15) is 0 Å². The predicted molar refractivity (Wildman–Crippen MR) is 107 cm³/mol. The van der Waals surface area contributed by atoms with Gasteiger partial charge >= 0.3 is 166 Å². The van der Waals surface area contributed by atoms with Crippen molar-refractivity contribution in [1.29, 1.82) is 0 Å². The normalized spacial score (nSPS) is 11.3. The minimum absolute atomic E-state index is 0.114. The van der Waals surface area contributed by atoms with Gasteiger partial charge in [-0.2, -0.15) is 0 Å². The molecule has 0 heterocycles. The van der Waals surface area contributed by atoms with Gasteiger partial charge < -0.3 is 0 Å². The van der Waals surface area contributed by atoms with E-state index in [1.807, 2.05) is 0 Å². The molecule has 0 spiro atoms. The number of methoxy groups -OCH3 is 1. The summed E-state index contributed by atoms with van der Waals surface area (Å²) in [7, 11) is 1.47. The molecule has 0 aliphatic rings. The number of rotatable bonds is 7. The Hall–Kier alpha value is -1.71. The van der Waals surface area contributed by atoms with E-state index in [-0.39, 0.29) is 26.6 Å². The third-order valence-electron chi connectivity index (χ3n) is 4.13. The molecule has 0 aliphatic heterocycles. The second-order valence-corrected chi connectivity index (χ2v) is 16.2. The van der Waals surface area contributed by atoms with Crippen LogP contribution < -0.4 is 36.6 Å². The predicted octanol–water partition coefficient (Wildman–Crippen LogP) is 0.548. The maximum atomic E-state index is 11.7. The summed E-state index contributed by atoms with van der Waals surface area (Å²) in [5.41, 5.74) is 0. The number of hydrogen-bond acceptors (Lipinski definition) is 2. The van der Waals surface area contributed by atoms with Crippen LogP contribution in [0.15, 0.2) is 91.0 Å². The average Bonchev–Trinajstić information content (AvgIpc) is 2.73. The first-order chi connectivity index (χ1) is 12.8. The number of halogens is 1. The van der Waals surface area contributed by atoms with Gasteiger partial charge in [-0.25, -0.2) is 0 Å². The maximum absolute atomic E-state index is 11.7. The molecule has 0 atom stereocenters. The molecular weight excluding hydrogens is 454 g/mol. The second-order valence-electron chi connectivity index (χ2n) is 5.73. The summed E-state index contributed by atoms with van der Waals surface area (Å²) < 4.78 is 5.79. The van der Waals surface area contributed by atoms with E-state index in [1.165, 1.54) is 23.0 Å². The van der Waals surface area contributed by atoms with Gasteiger partial charge in [0.15, 0.2) is 0 Å². The Kier molecular flexibility index (Phi) is 6.81. The van der Waals surface area contributed by atoms with E-state index in [1.54, 1.807) is 0 Å². The van der Waals surface area contributed by atoms with Crippen LogP contribution in [0, 0.1) is 0 Å². The van der Waals surface area contributed by atoms with Crippen LogP contribution in [0.5, 0.6) is 0 Å². The van der Waals surface area contributed by atoms with Crippen LogP contribution in [0.3, 0.4) is 0 Å². The standard InChI is InChI=1S/C22H22IO2P/c1-25-22(24)17-18-23-26(19-11-5-2-6-12-19,20-13-7-3-8-14-20)21-15-9-4-10-16-21/h2-16H,17-18H2,1H3. The Labute approximate surface area is 165 Å². The molecule has 3 aromatic carbocycles. The molecule has 0 saturated carbocycles. The molecule has 0 bridgehead atoms. The summed E-state index contributed by atoms with van der Waals surface area (Å²) in [5.74, 6) is -0.114. The Morgan fingerprint density at radius 3 is 1.50 bits per heavy atom. The number of benzene rings is 3. The molecule has 26 heavy (non-hydrogen) atoms. The third kappa shape index (κ3) is 4.16. The first kappa shape index (κ1) is 19.1. The summed E-state index contributed by atoms with van der Waals surface area (Å²) in [6, 6.07) is 32.5. The van der Waals surface area contributed by atoms with Crippen LogP contribution >= 0.6 is 4.90 Å². The van der Waals surface area contributed by atoms with E-state index >= 15 is 0 Å². The molecule has 0 N–H and O–H groups in total. The van der Waals surface area contributed by atoms with Crippen molar-refractivity contribution in [2.24, 2.45) is 0 Å². The van der Waals surface area contributed by atoms with Crippen molar-refractivity contribution < 1.29 is 30.2 Å². The van der Waals surface area contributed by atoms with E-state index in [9.17, 15) is 4.79 Å². The number of ether oxygens (including phenoxy) is 1. The fraction of sp³-hybridized carbons (Fsp3) is 0.136. The van der Waals surface area contributed by atoms with E-state index in [4.69, 9.17) is 4.74 Å². The van der Waals surface area contributed by atoms with E-state index in [2.05, 4.69) is 91.0 Å². The molecule has 0 radical (unpaired) electrons. The van der Waals surface area contributed by atoms with E-state index < -0.39 is 4.90 Å². The van der Waals surface area contributed by atoms with Gasteiger partial charge in [-0.1, -0.05) is 0 Å². The fourth-order valence-corrected chi connectivity index (χ4v) is 16.1. The van der Waals surface area contributed by atoms with Crippen molar-refractivity contribution in [3.63, 3.8) is 0 Å². The first-order valence-corrected chi connectivity index (χ1v) is 14.6. The topological polar surface area (TPSA) is 26.3 Å². The zero-order valence-corrected chi connectivity index (χ0v) is 17.8. The number of carbonyl (C=O) groups is 1. The minimum atomic E-state index is -1.72. The SMILES string of the molecule is COC(=O)CC[I-][P+](c1ccccc1)(c1ccccc1)c1ccccc1. The molecule has 134 valence electrons. The average molecular weight is 476 g/mol. The molecule has 3 aromatic rings. The van der Waals surface area contributed by atoms with Gasteiger partial charge in [0.2, 0.25) is 0 Å². The number of carbonyl (C=O) groups excluding carboxylic acids is 1. The summed E-state index contributed by atoms with van der Waals surface area (Å²) in [6.07, 6.45) is 0.498. The second kappa shape index (κ2) is 9.29. The Morgan fingerprint density at radius 1 is 0.769 bits per heavy atom. The zero-order valence-electron chi connectivity index (χ0n) is 14.7. The zero-order chi connectivity index (χ0) is 18.2. The molecule has 0 saturated heterocycles. The Balaban J connectivity index is 2.13. The van der Waals surface area contributed by atoms with Gasteiger partial charge in [-0.3, -0.25) is 0 Å². The molecular formula is C22H22IO2P. The Morgan fingerprint density at radius 2 is 1.15 bits per heavy atom. The first-order valence-electron chi connectivity index (χ1n) is 8.51. The van der Waals surface area contributed by atoms with Crippen LogP contribution in [0.2, 0.25) is 0 Å². The van der Waals surface area contributed by atoms with Gasteiger partial charge in [0, 0.05) is 0 Å². The molecule has 3 rings (SSSR count). The molecule has 0 aliphatic carbocycles. The van der Waals surface area contributed by atoms with Crippen molar-refractivity contribution in [3.8, 4) is 0 Å². The van der Waals surface area contributed by atoms with Crippen molar-refractivity contribution in [1.82, 2.24) is 0 Å². The number of esters is 1. The quantitative estimate of drug-likeness (QED) is 0.216. The molecule has 2 nitrogen and oxygen atoms in total. The van der Waals surface area contributed by atoms with Gasteiger partial charge in [-0.05, 0) is 0 Å². The fourth-order valence-electron chi connectivity index (χ4n) is 2.90. The van der Waals surface area contributed by atoms with Crippen molar-refractivity contribution in [2.45, 2.75) is 6.42 Å². The Bertz CT molecular complexity index is 726. The van der Waals surface area contributed by atoms with Crippen LogP contribution in [-0.2, 0) is 9.53 Å². The summed E-state index contributed by atoms with van der Waals surface area (Å²) >= 11 is -0.293. The van der Waals surface area contributed by atoms with Gasteiger partial charge in [-0.15, -0.1) is 0 Å². The van der Waals surface area contributed by atoms with E-state index in [0.29, 0.717) is 6.42 Å². The monoisotopic (exact) mass is 476 g/mol. The molecule has 4 heteroatoms. The molecule has 0 aromatic heterocycles. The van der Waals surface area contributed by atoms with Crippen LogP contribution in [0.25, 0.3) is 0 Å². The van der Waals surface area contributed by atoms with Crippen molar-refractivity contribution in [2.75, 3.05) is 11.5 Å². The summed E-state index contributed by atoms with van der Waals surface area (Å²) in [5, 5.41) is 4.19. The summed E-state index contributed by atoms with van der Waals surface area (Å²) in [4.78, 5) is 10.00.